The molecular formula is C21H35N3O2. The molecular weight excluding hydrogens is 326 g/mol. The molecule has 146 valence electrons. The average Bonchev–Trinajstić information content (AvgIpc) is 3.35. The quantitative estimate of drug-likeness (QED) is 0.488. The molecule has 2 aliphatic carbocycles. The second kappa shape index (κ2) is 10.0. The average molecular weight is 362 g/mol. The molecule has 1 aromatic rings. The van der Waals surface area contributed by atoms with Crippen molar-refractivity contribution in [3.05, 3.63) is 24.2 Å². The van der Waals surface area contributed by atoms with E-state index in [2.05, 4.69) is 10.6 Å². The van der Waals surface area contributed by atoms with Gasteiger partial charge in [0, 0.05) is 32.2 Å². The molecule has 5 heteroatoms. The molecule has 0 amide bonds. The molecule has 3 N–H and O–H groups in total. The van der Waals surface area contributed by atoms with Crippen molar-refractivity contribution in [2.75, 3.05) is 19.7 Å². The first-order valence-corrected chi connectivity index (χ1v) is 10.5. The second-order valence-corrected chi connectivity index (χ2v) is 8.08. The van der Waals surface area contributed by atoms with E-state index in [1.807, 2.05) is 12.1 Å². The number of hydrogen-bond donors (Lipinski definition) is 3. The van der Waals surface area contributed by atoms with Crippen molar-refractivity contribution < 1.29 is 9.52 Å². The monoisotopic (exact) mass is 361 g/mol. The van der Waals surface area contributed by atoms with Crippen molar-refractivity contribution in [2.24, 2.45) is 10.4 Å². The van der Waals surface area contributed by atoms with Crippen LogP contribution in [-0.4, -0.2) is 36.8 Å². The number of furan rings is 1. The molecule has 0 aromatic carbocycles. The Hall–Kier alpha value is -1.49. The lowest BCUT2D eigenvalue weighted by Gasteiger charge is -2.36. The predicted molar refractivity (Wildman–Crippen MR) is 105 cm³/mol. The molecule has 0 radical (unpaired) electrons. The second-order valence-electron chi connectivity index (χ2n) is 8.08. The van der Waals surface area contributed by atoms with Crippen LogP contribution < -0.4 is 10.6 Å². The Morgan fingerprint density at radius 3 is 2.69 bits per heavy atom. The van der Waals surface area contributed by atoms with Crippen LogP contribution in [0.5, 0.6) is 0 Å². The van der Waals surface area contributed by atoms with Gasteiger partial charge in [-0.25, -0.2) is 0 Å². The third kappa shape index (κ3) is 5.76. The summed E-state index contributed by atoms with van der Waals surface area (Å²) in [7, 11) is 0. The summed E-state index contributed by atoms with van der Waals surface area (Å²) in [5.41, 5.74) is 0.193. The minimum atomic E-state index is 0.193. The van der Waals surface area contributed by atoms with Crippen LogP contribution in [0.15, 0.2) is 27.8 Å². The van der Waals surface area contributed by atoms with E-state index in [0.717, 1.165) is 37.7 Å². The Morgan fingerprint density at radius 2 is 2.00 bits per heavy atom. The molecule has 2 aliphatic rings. The number of hydrogen-bond acceptors (Lipinski definition) is 3. The van der Waals surface area contributed by atoms with Crippen LogP contribution >= 0.6 is 0 Å². The van der Waals surface area contributed by atoms with E-state index in [0.29, 0.717) is 6.04 Å². The normalized spacial score (nSPS) is 21.0. The fourth-order valence-corrected chi connectivity index (χ4v) is 4.45. The van der Waals surface area contributed by atoms with Crippen molar-refractivity contribution in [3.8, 4) is 0 Å². The summed E-state index contributed by atoms with van der Waals surface area (Å²) >= 11 is 0. The first-order valence-electron chi connectivity index (χ1n) is 10.5. The van der Waals surface area contributed by atoms with Crippen molar-refractivity contribution in [3.63, 3.8) is 0 Å². The smallest absolute Gasteiger partial charge is 0.191 e. The molecule has 0 aliphatic heterocycles. The molecule has 5 nitrogen and oxygen atoms in total. The highest BCUT2D eigenvalue weighted by Gasteiger charge is 2.31. The van der Waals surface area contributed by atoms with Gasteiger partial charge in [-0.05, 0) is 49.7 Å². The van der Waals surface area contributed by atoms with Crippen molar-refractivity contribution in [1.82, 2.24) is 10.6 Å². The Balaban J connectivity index is 1.59. The van der Waals surface area contributed by atoms with Crippen LogP contribution in [0.2, 0.25) is 0 Å². The number of guanidine groups is 1. The maximum absolute atomic E-state index is 9.54. The van der Waals surface area contributed by atoms with Gasteiger partial charge in [0.15, 0.2) is 5.96 Å². The minimum Gasteiger partial charge on any atom is -0.469 e. The standard InChI is InChI=1S/C21H35N3O2/c25-15-13-21(11-4-1-5-12-21)17-23-20(24-18-7-2-3-8-18)22-14-10-19-9-6-16-26-19/h6,9,16,18,25H,1-5,7-8,10-15,17H2,(H2,22,23,24). The fourth-order valence-electron chi connectivity index (χ4n) is 4.45. The molecule has 0 bridgehead atoms. The van der Waals surface area contributed by atoms with Crippen LogP contribution in [0, 0.1) is 5.41 Å². The Bertz CT molecular complexity index is 524. The van der Waals surface area contributed by atoms with Gasteiger partial charge in [-0.3, -0.25) is 4.99 Å². The largest absolute Gasteiger partial charge is 0.469 e. The molecule has 0 unspecified atom stereocenters. The number of nitrogens with zero attached hydrogens (tertiary/aromatic N) is 1. The van der Waals surface area contributed by atoms with Crippen molar-refractivity contribution in [2.45, 2.75) is 76.7 Å². The third-order valence-corrected chi connectivity index (χ3v) is 6.07. The highest BCUT2D eigenvalue weighted by Crippen LogP contribution is 2.39. The molecule has 0 saturated heterocycles. The molecule has 2 saturated carbocycles. The van der Waals surface area contributed by atoms with Gasteiger partial charge in [0.1, 0.15) is 5.76 Å². The predicted octanol–water partition coefficient (Wildman–Crippen LogP) is 3.63. The molecule has 2 fully saturated rings. The lowest BCUT2D eigenvalue weighted by molar-refractivity contribution is 0.137. The van der Waals surface area contributed by atoms with Gasteiger partial charge in [-0.15, -0.1) is 0 Å². The highest BCUT2D eigenvalue weighted by atomic mass is 16.3. The maximum atomic E-state index is 9.54. The van der Waals surface area contributed by atoms with Crippen LogP contribution in [0.25, 0.3) is 0 Å². The van der Waals surface area contributed by atoms with Crippen molar-refractivity contribution >= 4 is 5.96 Å². The zero-order valence-electron chi connectivity index (χ0n) is 16.0. The summed E-state index contributed by atoms with van der Waals surface area (Å²) in [6.45, 7) is 1.91. The molecule has 26 heavy (non-hydrogen) atoms. The summed E-state index contributed by atoms with van der Waals surface area (Å²) in [4.78, 5) is 4.97. The van der Waals surface area contributed by atoms with Gasteiger partial charge in [0.25, 0.3) is 0 Å². The lowest BCUT2D eigenvalue weighted by atomic mass is 9.72. The van der Waals surface area contributed by atoms with Gasteiger partial charge >= 0.3 is 0 Å². The van der Waals surface area contributed by atoms with Crippen LogP contribution in [0.3, 0.4) is 0 Å². The van der Waals surface area contributed by atoms with E-state index in [1.54, 1.807) is 6.26 Å². The van der Waals surface area contributed by atoms with E-state index in [4.69, 9.17) is 9.41 Å². The molecule has 0 spiro atoms. The SMILES string of the molecule is OCCC1(CN=C(NCCc2ccco2)NC2CCCC2)CCCCC1. The van der Waals surface area contributed by atoms with Gasteiger partial charge < -0.3 is 20.2 Å². The number of aliphatic imine (C=N–C) groups is 1. The maximum Gasteiger partial charge on any atom is 0.191 e. The van der Waals surface area contributed by atoms with E-state index >= 15 is 0 Å². The van der Waals surface area contributed by atoms with E-state index in [1.165, 1.54) is 57.8 Å². The summed E-state index contributed by atoms with van der Waals surface area (Å²) < 4.78 is 5.42. The minimum absolute atomic E-state index is 0.193. The van der Waals surface area contributed by atoms with Gasteiger partial charge in [-0.2, -0.15) is 0 Å². The van der Waals surface area contributed by atoms with Gasteiger partial charge in [0.2, 0.25) is 0 Å². The highest BCUT2D eigenvalue weighted by molar-refractivity contribution is 5.80. The Morgan fingerprint density at radius 1 is 1.19 bits per heavy atom. The Kier molecular flexibility index (Phi) is 7.42. The van der Waals surface area contributed by atoms with Crippen molar-refractivity contribution in [1.29, 1.82) is 0 Å². The molecule has 1 heterocycles. The molecule has 3 rings (SSSR count). The van der Waals surface area contributed by atoms with Crippen LogP contribution in [0.1, 0.15) is 70.0 Å². The fraction of sp³-hybridized carbons (Fsp3) is 0.762. The first-order chi connectivity index (χ1) is 12.8. The Labute approximate surface area is 157 Å². The van der Waals surface area contributed by atoms with Crippen LogP contribution in [-0.2, 0) is 6.42 Å². The molecule has 1 aromatic heterocycles. The summed E-state index contributed by atoms with van der Waals surface area (Å²) in [6, 6.07) is 4.49. The first kappa shape index (κ1) is 19.3. The lowest BCUT2D eigenvalue weighted by Crippen LogP contribution is -2.44. The van der Waals surface area contributed by atoms with Crippen LogP contribution in [0.4, 0.5) is 0 Å². The molecule has 0 atom stereocenters. The zero-order valence-corrected chi connectivity index (χ0v) is 16.0. The number of rotatable bonds is 8. The summed E-state index contributed by atoms with van der Waals surface area (Å²) in [6.07, 6.45) is 14.8. The third-order valence-electron chi connectivity index (χ3n) is 6.07. The number of aliphatic hydroxyl groups excluding tert-OH is 1. The van der Waals surface area contributed by atoms with E-state index in [-0.39, 0.29) is 12.0 Å². The topological polar surface area (TPSA) is 69.8 Å². The summed E-state index contributed by atoms with van der Waals surface area (Å²) in [5, 5.41) is 16.7. The zero-order chi connectivity index (χ0) is 18.1. The summed E-state index contributed by atoms with van der Waals surface area (Å²) in [5.74, 6) is 1.94. The number of aliphatic hydroxyl groups is 1. The van der Waals surface area contributed by atoms with Gasteiger partial charge in [-0.1, -0.05) is 32.1 Å². The number of nitrogens with one attached hydrogen (secondary N) is 2. The van der Waals surface area contributed by atoms with E-state index in [9.17, 15) is 5.11 Å². The van der Waals surface area contributed by atoms with Gasteiger partial charge in [0.05, 0.1) is 6.26 Å². The van der Waals surface area contributed by atoms with E-state index < -0.39 is 0 Å².